The molecule has 74 valence electrons. The second-order valence-electron chi connectivity index (χ2n) is 2.81. The summed E-state index contributed by atoms with van der Waals surface area (Å²) in [6.07, 6.45) is 0. The first-order valence-corrected chi connectivity index (χ1v) is 4.35. The second-order valence-corrected chi connectivity index (χ2v) is 2.81. The monoisotopic (exact) mass is 176 g/mol. The molecule has 3 N–H and O–H groups in total. The van der Waals surface area contributed by atoms with Crippen LogP contribution >= 0.6 is 0 Å². The van der Waals surface area contributed by atoms with Crippen LogP contribution in [-0.4, -0.2) is 61.1 Å². The third-order valence-electron chi connectivity index (χ3n) is 2.03. The molecule has 0 saturated carbocycles. The molecule has 1 heterocycles. The summed E-state index contributed by atoms with van der Waals surface area (Å²) in [7, 11) is 1.00. The Balaban J connectivity index is 0.000000561. The summed E-state index contributed by atoms with van der Waals surface area (Å²) in [4.78, 5) is 2.30. The van der Waals surface area contributed by atoms with E-state index in [0.717, 1.165) is 33.3 Å². The summed E-state index contributed by atoms with van der Waals surface area (Å²) >= 11 is 0. The number of hydrogen-bond donors (Lipinski definition) is 3. The third kappa shape index (κ3) is 4.01. The number of hydrogen-bond acceptors (Lipinski definition) is 4. The third-order valence-corrected chi connectivity index (χ3v) is 2.03. The Hall–Kier alpha value is -0.160. The highest BCUT2D eigenvalue weighted by molar-refractivity contribution is 4.75. The molecule has 0 aliphatic carbocycles. The van der Waals surface area contributed by atoms with Crippen molar-refractivity contribution in [2.45, 2.75) is 13.0 Å². The Morgan fingerprint density at radius 1 is 1.50 bits per heavy atom. The molecule has 1 aliphatic heterocycles. The van der Waals surface area contributed by atoms with Gasteiger partial charge in [-0.2, -0.15) is 0 Å². The Kier molecular flexibility index (Phi) is 7.39. The average molecular weight is 176 g/mol. The number of aliphatic hydroxyl groups excluding tert-OH is 2. The Morgan fingerprint density at radius 2 is 2.17 bits per heavy atom. The van der Waals surface area contributed by atoms with E-state index in [2.05, 4.69) is 17.1 Å². The lowest BCUT2D eigenvalue weighted by atomic mass is 10.2. The molecule has 4 heteroatoms. The van der Waals surface area contributed by atoms with E-state index < -0.39 is 0 Å². The van der Waals surface area contributed by atoms with Gasteiger partial charge in [0.05, 0.1) is 6.61 Å². The van der Waals surface area contributed by atoms with Crippen molar-refractivity contribution in [1.82, 2.24) is 10.2 Å². The predicted molar refractivity (Wildman–Crippen MR) is 49.1 cm³/mol. The van der Waals surface area contributed by atoms with Crippen molar-refractivity contribution in [3.05, 3.63) is 0 Å². The van der Waals surface area contributed by atoms with Crippen molar-refractivity contribution < 1.29 is 10.2 Å². The zero-order valence-corrected chi connectivity index (χ0v) is 7.95. The van der Waals surface area contributed by atoms with Crippen molar-refractivity contribution in [3.63, 3.8) is 0 Å². The first-order valence-electron chi connectivity index (χ1n) is 4.35. The van der Waals surface area contributed by atoms with Crippen LogP contribution < -0.4 is 5.32 Å². The lowest BCUT2D eigenvalue weighted by molar-refractivity contribution is 0.136. The van der Waals surface area contributed by atoms with Crippen molar-refractivity contribution in [3.8, 4) is 0 Å². The molecule has 0 aromatic carbocycles. The highest BCUT2D eigenvalue weighted by Gasteiger charge is 2.15. The van der Waals surface area contributed by atoms with Gasteiger partial charge in [-0.05, 0) is 6.92 Å². The molecule has 1 unspecified atom stereocenters. The van der Waals surface area contributed by atoms with Crippen molar-refractivity contribution in [1.29, 1.82) is 0 Å². The van der Waals surface area contributed by atoms with E-state index in [1.165, 1.54) is 0 Å². The fourth-order valence-electron chi connectivity index (χ4n) is 1.34. The lowest BCUT2D eigenvalue weighted by Gasteiger charge is -2.33. The summed E-state index contributed by atoms with van der Waals surface area (Å²) in [6.45, 7) is 6.47. The van der Waals surface area contributed by atoms with Gasteiger partial charge < -0.3 is 15.5 Å². The molecule has 0 spiro atoms. The quantitative estimate of drug-likeness (QED) is 0.499. The van der Waals surface area contributed by atoms with E-state index in [1.54, 1.807) is 0 Å². The number of rotatable bonds is 2. The highest BCUT2D eigenvalue weighted by atomic mass is 16.3. The molecule has 1 aliphatic rings. The summed E-state index contributed by atoms with van der Waals surface area (Å²) in [5.41, 5.74) is 0. The van der Waals surface area contributed by atoms with Gasteiger partial charge in [-0.1, -0.05) is 0 Å². The molecule has 1 saturated heterocycles. The molecule has 1 rings (SSSR count). The van der Waals surface area contributed by atoms with Crippen LogP contribution in [-0.2, 0) is 0 Å². The van der Waals surface area contributed by atoms with Gasteiger partial charge in [0.15, 0.2) is 0 Å². The zero-order chi connectivity index (χ0) is 9.40. The summed E-state index contributed by atoms with van der Waals surface area (Å²) in [5.74, 6) is 0. The van der Waals surface area contributed by atoms with Crippen LogP contribution in [0.5, 0.6) is 0 Å². The van der Waals surface area contributed by atoms with E-state index in [-0.39, 0.29) is 6.61 Å². The fourth-order valence-corrected chi connectivity index (χ4v) is 1.34. The van der Waals surface area contributed by atoms with E-state index in [1.807, 2.05) is 0 Å². The molecule has 1 fully saturated rings. The van der Waals surface area contributed by atoms with Gasteiger partial charge in [0, 0.05) is 39.3 Å². The predicted octanol–water partition coefficient (Wildman–Crippen LogP) is -1.12. The summed E-state index contributed by atoms with van der Waals surface area (Å²) in [5, 5.41) is 19.0. The summed E-state index contributed by atoms with van der Waals surface area (Å²) < 4.78 is 0. The molecule has 4 nitrogen and oxygen atoms in total. The van der Waals surface area contributed by atoms with Gasteiger partial charge in [-0.15, -0.1) is 0 Å². The number of nitrogens with zero attached hydrogens (tertiary/aromatic N) is 1. The maximum Gasteiger partial charge on any atom is 0.0558 e. The van der Waals surface area contributed by atoms with Gasteiger partial charge in [0.25, 0.3) is 0 Å². The van der Waals surface area contributed by atoms with Gasteiger partial charge in [0.2, 0.25) is 0 Å². The molecule has 0 aromatic heterocycles. The minimum absolute atomic E-state index is 0.282. The first-order chi connectivity index (χ1) is 5.84. The van der Waals surface area contributed by atoms with Crippen LogP contribution in [0.25, 0.3) is 0 Å². The number of nitrogens with one attached hydrogen (secondary N) is 1. The second kappa shape index (κ2) is 7.49. The Labute approximate surface area is 74.2 Å². The largest absolute Gasteiger partial charge is 0.400 e. The SMILES string of the molecule is CC1CNCCN1CCO.CO. The van der Waals surface area contributed by atoms with Crippen molar-refractivity contribution in [2.75, 3.05) is 39.9 Å². The van der Waals surface area contributed by atoms with Gasteiger partial charge in [-0.3, -0.25) is 4.90 Å². The molecule has 0 amide bonds. The van der Waals surface area contributed by atoms with Crippen LogP contribution in [0.1, 0.15) is 6.92 Å². The van der Waals surface area contributed by atoms with Gasteiger partial charge in [-0.25, -0.2) is 0 Å². The van der Waals surface area contributed by atoms with E-state index in [9.17, 15) is 0 Å². The lowest BCUT2D eigenvalue weighted by Crippen LogP contribution is -2.50. The van der Waals surface area contributed by atoms with Crippen LogP contribution in [0, 0.1) is 0 Å². The number of piperazine rings is 1. The standard InChI is InChI=1S/C7H16N2O.CH4O/c1-7-6-8-2-3-9(7)4-5-10;1-2/h7-8,10H,2-6H2,1H3;2H,1H3. The molecular formula is C8H20N2O2. The van der Waals surface area contributed by atoms with Crippen LogP contribution in [0.2, 0.25) is 0 Å². The van der Waals surface area contributed by atoms with E-state index >= 15 is 0 Å². The molecule has 12 heavy (non-hydrogen) atoms. The van der Waals surface area contributed by atoms with E-state index in [0.29, 0.717) is 6.04 Å². The maximum atomic E-state index is 8.67. The molecule has 0 radical (unpaired) electrons. The highest BCUT2D eigenvalue weighted by Crippen LogP contribution is 1.99. The minimum atomic E-state index is 0.282. The Bertz CT molecular complexity index is 99.1. The van der Waals surface area contributed by atoms with Crippen LogP contribution in [0.15, 0.2) is 0 Å². The van der Waals surface area contributed by atoms with Crippen molar-refractivity contribution >= 4 is 0 Å². The zero-order valence-electron chi connectivity index (χ0n) is 7.95. The van der Waals surface area contributed by atoms with Gasteiger partial charge in [0.1, 0.15) is 0 Å². The number of aliphatic hydroxyl groups is 2. The average Bonchev–Trinajstić information content (AvgIpc) is 2.13. The molecule has 0 bridgehead atoms. The van der Waals surface area contributed by atoms with Crippen LogP contribution in [0.3, 0.4) is 0 Å². The minimum Gasteiger partial charge on any atom is -0.400 e. The first kappa shape index (κ1) is 11.8. The molecule has 1 atom stereocenters. The van der Waals surface area contributed by atoms with Crippen LogP contribution in [0.4, 0.5) is 0 Å². The molecular weight excluding hydrogens is 156 g/mol. The van der Waals surface area contributed by atoms with E-state index in [4.69, 9.17) is 10.2 Å². The van der Waals surface area contributed by atoms with Crippen molar-refractivity contribution in [2.24, 2.45) is 0 Å². The Morgan fingerprint density at radius 3 is 2.67 bits per heavy atom. The smallest absolute Gasteiger partial charge is 0.0558 e. The maximum absolute atomic E-state index is 8.67. The summed E-state index contributed by atoms with van der Waals surface area (Å²) in [6, 6.07) is 0.584. The number of β-amino-alcohol motifs (C(OH)–C–C–N with tert-alkyl or cyclic N) is 1. The topological polar surface area (TPSA) is 55.7 Å². The fraction of sp³-hybridized carbons (Fsp3) is 1.00. The normalized spacial score (nSPS) is 24.5. The van der Waals surface area contributed by atoms with Gasteiger partial charge >= 0.3 is 0 Å². The molecule has 0 aromatic rings.